The monoisotopic (exact) mass is 598 g/mol. The summed E-state index contributed by atoms with van der Waals surface area (Å²) in [6.07, 6.45) is -0.596. The molecule has 4 rings (SSSR count). The second-order valence-corrected chi connectivity index (χ2v) is 9.64. The lowest BCUT2D eigenvalue weighted by molar-refractivity contribution is -0.177. The summed E-state index contributed by atoms with van der Waals surface area (Å²) in [6, 6.07) is 9.52. The Morgan fingerprint density at radius 3 is 2.23 bits per heavy atom. The minimum atomic E-state index is -1.23. The number of hydrogen-bond donors (Lipinski definition) is 0. The number of ketones is 1. The van der Waals surface area contributed by atoms with E-state index in [9.17, 15) is 23.6 Å². The molecule has 0 saturated carbocycles. The lowest BCUT2D eigenvalue weighted by atomic mass is 9.95. The van der Waals surface area contributed by atoms with Gasteiger partial charge >= 0.3 is 6.16 Å². The van der Waals surface area contributed by atoms with Gasteiger partial charge in [-0.25, -0.2) is 9.18 Å². The third kappa shape index (κ3) is 8.58. The topological polar surface area (TPSA) is 166 Å². The van der Waals surface area contributed by atoms with E-state index in [1.54, 1.807) is 24.3 Å². The van der Waals surface area contributed by atoms with Crippen molar-refractivity contribution in [2.45, 2.75) is 31.6 Å². The van der Waals surface area contributed by atoms with Crippen molar-refractivity contribution >= 4 is 23.8 Å². The van der Waals surface area contributed by atoms with Crippen molar-refractivity contribution in [3.05, 3.63) is 69.3 Å². The van der Waals surface area contributed by atoms with Gasteiger partial charge in [-0.15, -0.1) is 0 Å². The number of rotatable bonds is 17. The van der Waals surface area contributed by atoms with E-state index in [0.29, 0.717) is 67.8 Å². The largest absolute Gasteiger partial charge is 0.533 e. The standard InChI is InChI=1S/C29H31FN4O9/c30-20-4-6-22-21-5-3-19(26(35)2-1-10-39-12-14-41-15-13-40-11-9-32-33-31)16-23(21)25(24(22)17-20)18-42-29(38)43-34-27(36)7-8-28(34)37/h3-6,16-17,25H,1-2,7-15,18H2. The fraction of sp³-hybridized carbons (Fsp3) is 0.448. The molecule has 14 heteroatoms. The number of hydroxylamine groups is 2. The van der Waals surface area contributed by atoms with E-state index in [1.807, 2.05) is 0 Å². The predicted molar refractivity (Wildman–Crippen MR) is 147 cm³/mol. The molecule has 1 saturated heterocycles. The van der Waals surface area contributed by atoms with Gasteiger partial charge in [0.15, 0.2) is 5.78 Å². The Labute approximate surface area is 246 Å². The molecule has 13 nitrogen and oxygen atoms in total. The van der Waals surface area contributed by atoms with Gasteiger partial charge in [-0.3, -0.25) is 19.2 Å². The highest BCUT2D eigenvalue weighted by Gasteiger charge is 2.35. The molecule has 1 aliphatic carbocycles. The van der Waals surface area contributed by atoms with Crippen molar-refractivity contribution < 1.29 is 47.4 Å². The number of azide groups is 1. The number of benzene rings is 2. The molecule has 1 unspecified atom stereocenters. The Kier molecular flexibility index (Phi) is 11.6. The molecule has 0 aromatic heterocycles. The maximum Gasteiger partial charge on any atom is 0.533 e. The van der Waals surface area contributed by atoms with Crippen LogP contribution >= 0.6 is 0 Å². The predicted octanol–water partition coefficient (Wildman–Crippen LogP) is 4.48. The first-order valence-corrected chi connectivity index (χ1v) is 13.8. The fourth-order valence-electron chi connectivity index (χ4n) is 4.77. The number of carbonyl (C=O) groups excluding carboxylic acids is 4. The molecule has 2 aliphatic rings. The molecule has 1 atom stereocenters. The number of halogens is 1. The van der Waals surface area contributed by atoms with Crippen molar-refractivity contribution in [3.8, 4) is 11.1 Å². The molecule has 1 aliphatic heterocycles. The summed E-state index contributed by atoms with van der Waals surface area (Å²) in [4.78, 5) is 56.1. The summed E-state index contributed by atoms with van der Waals surface area (Å²) in [7, 11) is 0. The summed E-state index contributed by atoms with van der Waals surface area (Å²) in [5.41, 5.74) is 11.4. The zero-order chi connectivity index (χ0) is 30.6. The van der Waals surface area contributed by atoms with Crippen LogP contribution in [0, 0.1) is 5.82 Å². The Balaban J connectivity index is 1.26. The van der Waals surface area contributed by atoms with Crippen molar-refractivity contribution in [3.63, 3.8) is 0 Å². The number of amides is 2. The molecule has 2 aromatic rings. The van der Waals surface area contributed by atoms with Gasteiger partial charge in [0, 0.05) is 48.8 Å². The highest BCUT2D eigenvalue weighted by molar-refractivity contribution is 6.01. The summed E-state index contributed by atoms with van der Waals surface area (Å²) >= 11 is 0. The number of carbonyl (C=O) groups is 4. The zero-order valence-corrected chi connectivity index (χ0v) is 23.4. The lowest BCUT2D eigenvalue weighted by Crippen LogP contribution is -2.32. The molecule has 228 valence electrons. The van der Waals surface area contributed by atoms with Gasteiger partial charge in [-0.05, 0) is 52.4 Å². The van der Waals surface area contributed by atoms with E-state index in [4.69, 9.17) is 29.3 Å². The van der Waals surface area contributed by atoms with Gasteiger partial charge in [-0.1, -0.05) is 28.4 Å². The van der Waals surface area contributed by atoms with Gasteiger partial charge in [0.25, 0.3) is 11.8 Å². The van der Waals surface area contributed by atoms with Gasteiger partial charge < -0.3 is 18.9 Å². The zero-order valence-electron chi connectivity index (χ0n) is 23.4. The van der Waals surface area contributed by atoms with E-state index in [0.717, 1.165) is 11.1 Å². The second kappa shape index (κ2) is 15.8. The van der Waals surface area contributed by atoms with E-state index < -0.39 is 29.7 Å². The normalized spacial score (nSPS) is 15.2. The Morgan fingerprint density at radius 2 is 1.53 bits per heavy atom. The van der Waals surface area contributed by atoms with Gasteiger partial charge in [0.1, 0.15) is 12.4 Å². The smallest absolute Gasteiger partial charge is 0.432 e. The highest BCUT2D eigenvalue weighted by Crippen LogP contribution is 2.45. The summed E-state index contributed by atoms with van der Waals surface area (Å²) in [5.74, 6) is -2.43. The van der Waals surface area contributed by atoms with Crippen LogP contribution in [0.1, 0.15) is 53.1 Å². The minimum Gasteiger partial charge on any atom is -0.432 e. The number of fused-ring (bicyclic) bond motifs is 3. The number of hydrogen-bond acceptors (Lipinski definition) is 10. The maximum atomic E-state index is 14.2. The summed E-state index contributed by atoms with van der Waals surface area (Å²) in [6.45, 7) is 2.23. The number of Topliss-reactive ketones (excluding diaryl/α,β-unsaturated/α-hetero) is 1. The number of imide groups is 1. The van der Waals surface area contributed by atoms with Crippen LogP contribution in [0.5, 0.6) is 0 Å². The molecule has 0 spiro atoms. The summed E-state index contributed by atoms with van der Waals surface area (Å²) in [5, 5.41) is 3.75. The maximum absolute atomic E-state index is 14.2. The van der Waals surface area contributed by atoms with E-state index in [1.165, 1.54) is 12.1 Å². The number of ether oxygens (including phenoxy) is 4. The first-order chi connectivity index (χ1) is 20.9. The first kappa shape index (κ1) is 31.6. The van der Waals surface area contributed by atoms with E-state index in [2.05, 4.69) is 10.0 Å². The molecule has 0 bridgehead atoms. The van der Waals surface area contributed by atoms with Gasteiger partial charge in [0.05, 0.1) is 33.0 Å². The van der Waals surface area contributed by atoms with E-state index >= 15 is 0 Å². The fourth-order valence-corrected chi connectivity index (χ4v) is 4.77. The third-order valence-electron chi connectivity index (χ3n) is 6.80. The molecular weight excluding hydrogens is 567 g/mol. The molecule has 1 fully saturated rings. The Bertz CT molecular complexity index is 1380. The third-order valence-corrected chi connectivity index (χ3v) is 6.80. The van der Waals surface area contributed by atoms with Crippen LogP contribution in [-0.2, 0) is 33.4 Å². The number of nitrogens with zero attached hydrogens (tertiary/aromatic N) is 4. The molecule has 0 N–H and O–H groups in total. The van der Waals surface area contributed by atoms with E-state index in [-0.39, 0.29) is 38.2 Å². The molecule has 2 aromatic carbocycles. The van der Waals surface area contributed by atoms with Crippen LogP contribution < -0.4 is 0 Å². The molecule has 2 amide bonds. The molecule has 1 heterocycles. The van der Waals surface area contributed by atoms with Crippen LogP contribution in [0.15, 0.2) is 41.5 Å². The van der Waals surface area contributed by atoms with Crippen molar-refractivity contribution in [2.75, 3.05) is 52.8 Å². The van der Waals surface area contributed by atoms with Crippen molar-refractivity contribution in [2.24, 2.45) is 5.11 Å². The SMILES string of the molecule is [N-]=[N+]=NCCOCCOCCOCCCC(=O)c1ccc2c(c1)C(COC(=O)ON1C(=O)CCC1=O)c1cc(F)ccc1-2. The average molecular weight is 599 g/mol. The Morgan fingerprint density at radius 1 is 0.907 bits per heavy atom. The summed E-state index contributed by atoms with van der Waals surface area (Å²) < 4.78 is 35.5. The minimum absolute atomic E-state index is 0.0505. The first-order valence-electron chi connectivity index (χ1n) is 13.8. The average Bonchev–Trinajstić information content (AvgIpc) is 3.48. The van der Waals surface area contributed by atoms with Gasteiger partial charge in [0.2, 0.25) is 0 Å². The van der Waals surface area contributed by atoms with Crippen LogP contribution in [-0.4, -0.2) is 81.6 Å². The van der Waals surface area contributed by atoms with Crippen molar-refractivity contribution in [1.29, 1.82) is 0 Å². The van der Waals surface area contributed by atoms with Crippen LogP contribution in [0.4, 0.5) is 9.18 Å². The van der Waals surface area contributed by atoms with Crippen LogP contribution in [0.25, 0.3) is 21.6 Å². The second-order valence-electron chi connectivity index (χ2n) is 9.64. The molecule has 0 radical (unpaired) electrons. The highest BCUT2D eigenvalue weighted by atomic mass is 19.1. The van der Waals surface area contributed by atoms with Crippen molar-refractivity contribution in [1.82, 2.24) is 5.06 Å². The lowest BCUT2D eigenvalue weighted by Gasteiger charge is -2.16. The van der Waals surface area contributed by atoms with Gasteiger partial charge in [-0.2, -0.15) is 0 Å². The quantitative estimate of drug-likeness (QED) is 0.0485. The molecule has 43 heavy (non-hydrogen) atoms. The van der Waals surface area contributed by atoms with Crippen LogP contribution in [0.3, 0.4) is 0 Å². The molecular formula is C29H31FN4O9. The van der Waals surface area contributed by atoms with Crippen LogP contribution in [0.2, 0.25) is 0 Å². The Hall–Kier alpha value is -4.36.